The van der Waals surface area contributed by atoms with E-state index in [2.05, 4.69) is 4.57 Å². The quantitative estimate of drug-likeness (QED) is 0.601. The van der Waals surface area contributed by atoms with Crippen LogP contribution in [0.15, 0.2) is 24.3 Å². The van der Waals surface area contributed by atoms with E-state index in [0.29, 0.717) is 6.54 Å². The highest BCUT2D eigenvalue weighted by atomic mass is 16.7. The molecule has 0 amide bonds. The lowest BCUT2D eigenvalue weighted by atomic mass is 9.75. The Morgan fingerprint density at radius 1 is 1.14 bits per heavy atom. The van der Waals surface area contributed by atoms with Crippen molar-refractivity contribution in [2.75, 3.05) is 0 Å². The summed E-state index contributed by atoms with van der Waals surface area (Å²) in [7, 11) is 2.06. The minimum Gasteiger partial charge on any atom is -0.457 e. The highest BCUT2D eigenvalue weighted by Gasteiger charge is 2.26. The largest absolute Gasteiger partial charge is 0.465 e. The molecule has 0 bridgehead atoms. The molecule has 1 aliphatic rings. The van der Waals surface area contributed by atoms with Crippen LogP contribution in [0.1, 0.15) is 5.56 Å². The van der Waals surface area contributed by atoms with Crippen LogP contribution in [0.25, 0.3) is 0 Å². The highest BCUT2D eigenvalue weighted by molar-refractivity contribution is 6.71. The van der Waals surface area contributed by atoms with Crippen molar-refractivity contribution in [2.45, 2.75) is 6.54 Å². The van der Waals surface area contributed by atoms with Gasteiger partial charge in [0.1, 0.15) is 0 Å². The molecule has 2 rings (SSSR count). The highest BCUT2D eigenvalue weighted by Crippen LogP contribution is 2.00. The number of hydrogen-bond acceptors (Lipinski definition) is 4. The van der Waals surface area contributed by atoms with E-state index in [1.807, 2.05) is 24.3 Å². The van der Waals surface area contributed by atoms with E-state index in [9.17, 15) is 0 Å². The maximum absolute atomic E-state index is 5.48. The van der Waals surface area contributed by atoms with Crippen LogP contribution in [0.2, 0.25) is 0 Å². The number of nitrogens with two attached hydrogens (primary N) is 1. The van der Waals surface area contributed by atoms with Gasteiger partial charge in [-0.05, 0) is 11.0 Å². The Morgan fingerprint density at radius 3 is 2.36 bits per heavy atom. The molecule has 14 heavy (non-hydrogen) atoms. The first-order valence-electron chi connectivity index (χ1n) is 4.29. The topological polar surface area (TPSA) is 53.7 Å². The van der Waals surface area contributed by atoms with Gasteiger partial charge in [0.25, 0.3) is 0 Å². The summed E-state index contributed by atoms with van der Waals surface area (Å²) in [6.07, 6.45) is 0. The summed E-state index contributed by atoms with van der Waals surface area (Å²) >= 11 is 0. The number of benzene rings is 1. The average Bonchev–Trinajstić information content (AvgIpc) is 2.30. The maximum Gasteiger partial charge on any atom is 0.465 e. The summed E-state index contributed by atoms with van der Waals surface area (Å²) in [5.74, 6) is 0. The molecule has 0 atom stereocenters. The predicted molar refractivity (Wildman–Crippen MR) is 54.5 cm³/mol. The zero-order chi connectivity index (χ0) is 9.80. The van der Waals surface area contributed by atoms with Crippen LogP contribution in [0.5, 0.6) is 0 Å². The molecular weight excluding hydrogens is 179 g/mol. The second-order valence-electron chi connectivity index (χ2n) is 2.88. The van der Waals surface area contributed by atoms with Gasteiger partial charge in [0, 0.05) is 6.54 Å². The molecule has 1 aromatic carbocycles. The summed E-state index contributed by atoms with van der Waals surface area (Å²) in [5, 5.41) is 0. The molecule has 1 heterocycles. The lowest BCUT2D eigenvalue weighted by Gasteiger charge is -2.18. The second-order valence-corrected chi connectivity index (χ2v) is 2.88. The molecule has 1 saturated heterocycles. The Hall–Kier alpha value is -0.745. The molecule has 4 nitrogen and oxygen atoms in total. The molecule has 0 unspecified atom stereocenters. The van der Waals surface area contributed by atoms with Crippen molar-refractivity contribution in [3.63, 3.8) is 0 Å². The first kappa shape index (κ1) is 9.80. The van der Waals surface area contributed by atoms with Crippen LogP contribution >= 0.6 is 0 Å². The molecule has 2 radical (unpaired) electrons. The van der Waals surface area contributed by atoms with Gasteiger partial charge in [-0.2, -0.15) is 0 Å². The van der Waals surface area contributed by atoms with Gasteiger partial charge in [-0.25, -0.2) is 0 Å². The van der Waals surface area contributed by atoms with Crippen LogP contribution in [-0.2, 0) is 20.3 Å². The SMILES string of the molecule is NCc1ccc(B2O[B]O[B]O2)cc1. The normalized spacial score (nSPS) is 15.9. The Morgan fingerprint density at radius 2 is 1.79 bits per heavy atom. The Labute approximate surface area is 84.5 Å². The zero-order valence-electron chi connectivity index (χ0n) is 7.55. The summed E-state index contributed by atoms with van der Waals surface area (Å²) in [6, 6.07) is 7.72. The van der Waals surface area contributed by atoms with Crippen molar-refractivity contribution in [1.82, 2.24) is 0 Å². The van der Waals surface area contributed by atoms with Crippen molar-refractivity contribution in [3.8, 4) is 0 Å². The molecule has 1 aromatic rings. The van der Waals surface area contributed by atoms with Crippen LogP contribution in [0.3, 0.4) is 0 Å². The molecule has 7 heteroatoms. The smallest absolute Gasteiger partial charge is 0.457 e. The lowest BCUT2D eigenvalue weighted by molar-refractivity contribution is 0.334. The summed E-state index contributed by atoms with van der Waals surface area (Å²) < 4.78 is 14.9. The van der Waals surface area contributed by atoms with E-state index in [-0.39, 0.29) is 0 Å². The van der Waals surface area contributed by atoms with Gasteiger partial charge < -0.3 is 19.4 Å². The molecule has 0 aliphatic carbocycles. The third kappa shape index (κ3) is 2.19. The average molecular weight is 187 g/mol. The van der Waals surface area contributed by atoms with Gasteiger partial charge in [0.15, 0.2) is 0 Å². The molecule has 0 aromatic heterocycles. The molecule has 68 valence electrons. The van der Waals surface area contributed by atoms with Gasteiger partial charge in [-0.15, -0.1) is 0 Å². The molecule has 2 N–H and O–H groups in total. The van der Waals surface area contributed by atoms with E-state index in [0.717, 1.165) is 11.0 Å². The van der Waals surface area contributed by atoms with E-state index in [1.54, 1.807) is 0 Å². The summed E-state index contributed by atoms with van der Waals surface area (Å²) in [5.41, 5.74) is 7.49. The van der Waals surface area contributed by atoms with E-state index in [4.69, 9.17) is 14.9 Å². The third-order valence-electron chi connectivity index (χ3n) is 1.96. The van der Waals surface area contributed by atoms with Crippen molar-refractivity contribution < 1.29 is 13.7 Å². The standard InChI is InChI=1S/C7H8B3NO3/c11-5-6-1-3-7(4-2-6)10-13-8-12-9-14-10/h1-4H,5,11H2. The van der Waals surface area contributed by atoms with E-state index < -0.39 is 7.12 Å². The Bertz CT molecular complexity index is 289. The fraction of sp³-hybridized carbons (Fsp3) is 0.143. The number of hydrogen-bond donors (Lipinski definition) is 1. The molecule has 0 spiro atoms. The minimum atomic E-state index is -0.421. The van der Waals surface area contributed by atoms with Crippen LogP contribution in [-0.4, -0.2) is 22.5 Å². The second kappa shape index (κ2) is 4.66. The minimum absolute atomic E-state index is 0.421. The molecule has 0 saturated carbocycles. The van der Waals surface area contributed by atoms with Crippen molar-refractivity contribution in [2.24, 2.45) is 5.73 Å². The van der Waals surface area contributed by atoms with Gasteiger partial charge in [-0.3, -0.25) is 0 Å². The van der Waals surface area contributed by atoms with Crippen LogP contribution in [0.4, 0.5) is 0 Å². The van der Waals surface area contributed by atoms with Crippen molar-refractivity contribution in [1.29, 1.82) is 0 Å². The predicted octanol–water partition coefficient (Wildman–Crippen LogP) is -1.03. The monoisotopic (exact) mass is 187 g/mol. The summed E-state index contributed by atoms with van der Waals surface area (Å²) in [4.78, 5) is 0. The molecular formula is C7H8B3NO3. The summed E-state index contributed by atoms with van der Waals surface area (Å²) in [6.45, 7) is 0.536. The van der Waals surface area contributed by atoms with E-state index >= 15 is 0 Å². The zero-order valence-corrected chi connectivity index (χ0v) is 7.55. The Kier molecular flexibility index (Phi) is 3.26. The molecule has 1 aliphatic heterocycles. The van der Waals surface area contributed by atoms with Crippen molar-refractivity contribution >= 4 is 28.0 Å². The third-order valence-corrected chi connectivity index (χ3v) is 1.96. The van der Waals surface area contributed by atoms with Gasteiger partial charge in [0.05, 0.1) is 0 Å². The van der Waals surface area contributed by atoms with Gasteiger partial charge in [0.2, 0.25) is 0 Å². The van der Waals surface area contributed by atoms with Gasteiger partial charge >= 0.3 is 22.5 Å². The van der Waals surface area contributed by atoms with Crippen LogP contribution < -0.4 is 11.2 Å². The van der Waals surface area contributed by atoms with Crippen molar-refractivity contribution in [3.05, 3.63) is 29.8 Å². The first-order chi connectivity index (χ1) is 6.90. The molecule has 1 fully saturated rings. The van der Waals surface area contributed by atoms with Crippen LogP contribution in [0, 0.1) is 0 Å². The fourth-order valence-corrected chi connectivity index (χ4v) is 1.19. The van der Waals surface area contributed by atoms with Gasteiger partial charge in [-0.1, -0.05) is 24.3 Å². The maximum atomic E-state index is 5.48. The first-order valence-corrected chi connectivity index (χ1v) is 4.29. The van der Waals surface area contributed by atoms with E-state index in [1.165, 1.54) is 15.4 Å². The lowest BCUT2D eigenvalue weighted by Crippen LogP contribution is -2.44. The fourth-order valence-electron chi connectivity index (χ4n) is 1.19. The Balaban J connectivity index is 2.07. The number of rotatable bonds is 2.